The molecule has 2 atom stereocenters. The minimum Gasteiger partial charge on any atom is -0.378 e. The Hall–Kier alpha value is -1.55. The number of carbonyl (C=O) groups is 1. The average Bonchev–Trinajstić information content (AvgIpc) is 2.84. The maximum absolute atomic E-state index is 12.4. The zero-order valence-electron chi connectivity index (χ0n) is 12.7. The Bertz CT molecular complexity index is 455. The highest BCUT2D eigenvalue weighted by Crippen LogP contribution is 2.26. The molecule has 110 valence electrons. The van der Waals surface area contributed by atoms with Gasteiger partial charge in [-0.2, -0.15) is 0 Å². The highest BCUT2D eigenvalue weighted by Gasteiger charge is 2.32. The second-order valence-electron chi connectivity index (χ2n) is 5.96. The van der Waals surface area contributed by atoms with Gasteiger partial charge in [0.1, 0.15) is 0 Å². The molecule has 1 saturated carbocycles. The molecule has 0 spiro atoms. The summed E-state index contributed by atoms with van der Waals surface area (Å²) in [4.78, 5) is 16.2. The molecule has 20 heavy (non-hydrogen) atoms. The maximum Gasteiger partial charge on any atom is 0.227 e. The van der Waals surface area contributed by atoms with Crippen LogP contribution < -0.4 is 10.6 Å². The van der Waals surface area contributed by atoms with E-state index in [1.165, 1.54) is 5.69 Å². The SMILES string of the molecule is CN(Cc1ccc(N(C)C)cc1)C(=O)C1CCCC1N. The molecule has 2 unspecified atom stereocenters. The fourth-order valence-corrected chi connectivity index (χ4v) is 2.83. The van der Waals surface area contributed by atoms with Crippen LogP contribution in [0.2, 0.25) is 0 Å². The Balaban J connectivity index is 1.96. The van der Waals surface area contributed by atoms with Crippen molar-refractivity contribution in [1.29, 1.82) is 0 Å². The quantitative estimate of drug-likeness (QED) is 0.912. The second-order valence-corrected chi connectivity index (χ2v) is 5.96. The van der Waals surface area contributed by atoms with Gasteiger partial charge >= 0.3 is 0 Å². The van der Waals surface area contributed by atoms with Crippen molar-refractivity contribution in [3.05, 3.63) is 29.8 Å². The number of hydrogen-bond acceptors (Lipinski definition) is 3. The topological polar surface area (TPSA) is 49.6 Å². The monoisotopic (exact) mass is 275 g/mol. The lowest BCUT2D eigenvalue weighted by molar-refractivity contribution is -0.134. The Morgan fingerprint density at radius 2 is 1.85 bits per heavy atom. The molecule has 1 amide bonds. The molecule has 1 fully saturated rings. The third-order valence-electron chi connectivity index (χ3n) is 4.14. The minimum absolute atomic E-state index is 0.0149. The molecule has 0 bridgehead atoms. The summed E-state index contributed by atoms with van der Waals surface area (Å²) in [5, 5.41) is 0. The van der Waals surface area contributed by atoms with Crippen LogP contribution in [0, 0.1) is 5.92 Å². The van der Waals surface area contributed by atoms with Crippen LogP contribution in [0.3, 0.4) is 0 Å². The molecule has 1 aliphatic rings. The summed E-state index contributed by atoms with van der Waals surface area (Å²) in [7, 11) is 5.91. The molecule has 0 saturated heterocycles. The summed E-state index contributed by atoms with van der Waals surface area (Å²) >= 11 is 0. The lowest BCUT2D eigenvalue weighted by Crippen LogP contribution is -2.39. The van der Waals surface area contributed by atoms with E-state index >= 15 is 0 Å². The van der Waals surface area contributed by atoms with E-state index in [0.29, 0.717) is 6.54 Å². The van der Waals surface area contributed by atoms with Gasteiger partial charge in [0.2, 0.25) is 5.91 Å². The van der Waals surface area contributed by atoms with Crippen LogP contribution in [0.25, 0.3) is 0 Å². The van der Waals surface area contributed by atoms with Gasteiger partial charge < -0.3 is 15.5 Å². The number of amides is 1. The second kappa shape index (κ2) is 6.27. The van der Waals surface area contributed by atoms with Crippen molar-refractivity contribution in [2.75, 3.05) is 26.0 Å². The van der Waals surface area contributed by atoms with Crippen LogP contribution in [0.15, 0.2) is 24.3 Å². The third kappa shape index (κ3) is 3.31. The van der Waals surface area contributed by atoms with Gasteiger partial charge in [-0.3, -0.25) is 4.79 Å². The highest BCUT2D eigenvalue weighted by molar-refractivity contribution is 5.79. The van der Waals surface area contributed by atoms with Crippen molar-refractivity contribution in [3.8, 4) is 0 Å². The molecule has 1 aliphatic carbocycles. The average molecular weight is 275 g/mol. The van der Waals surface area contributed by atoms with Gasteiger partial charge in [-0.05, 0) is 30.5 Å². The number of nitrogens with zero attached hydrogens (tertiary/aromatic N) is 2. The fraction of sp³-hybridized carbons (Fsp3) is 0.562. The molecule has 0 heterocycles. The number of anilines is 1. The van der Waals surface area contributed by atoms with E-state index in [1.54, 1.807) is 4.90 Å². The molecule has 0 aliphatic heterocycles. The maximum atomic E-state index is 12.4. The Morgan fingerprint density at radius 1 is 1.20 bits per heavy atom. The highest BCUT2D eigenvalue weighted by atomic mass is 16.2. The molecular weight excluding hydrogens is 250 g/mol. The molecule has 4 heteroatoms. The van der Waals surface area contributed by atoms with Gasteiger partial charge in [0, 0.05) is 39.4 Å². The molecule has 0 aromatic heterocycles. The van der Waals surface area contributed by atoms with E-state index in [4.69, 9.17) is 5.73 Å². The molecule has 0 radical (unpaired) electrons. The Morgan fingerprint density at radius 3 is 2.35 bits per heavy atom. The van der Waals surface area contributed by atoms with Crippen molar-refractivity contribution < 1.29 is 4.79 Å². The molecule has 2 N–H and O–H groups in total. The van der Waals surface area contributed by atoms with E-state index in [9.17, 15) is 4.79 Å². The van der Waals surface area contributed by atoms with Gasteiger partial charge in [-0.15, -0.1) is 0 Å². The van der Waals surface area contributed by atoms with Gasteiger partial charge in [-0.25, -0.2) is 0 Å². The van der Waals surface area contributed by atoms with E-state index in [2.05, 4.69) is 29.2 Å². The summed E-state index contributed by atoms with van der Waals surface area (Å²) < 4.78 is 0. The van der Waals surface area contributed by atoms with Crippen LogP contribution >= 0.6 is 0 Å². The normalized spacial score (nSPS) is 21.8. The van der Waals surface area contributed by atoms with Crippen molar-refractivity contribution >= 4 is 11.6 Å². The summed E-state index contributed by atoms with van der Waals surface area (Å²) in [6, 6.07) is 8.35. The lowest BCUT2D eigenvalue weighted by atomic mass is 10.0. The smallest absolute Gasteiger partial charge is 0.227 e. The van der Waals surface area contributed by atoms with Crippen molar-refractivity contribution in [1.82, 2.24) is 4.90 Å². The van der Waals surface area contributed by atoms with Gasteiger partial charge in [-0.1, -0.05) is 18.6 Å². The number of benzene rings is 1. The van der Waals surface area contributed by atoms with E-state index in [-0.39, 0.29) is 17.9 Å². The minimum atomic E-state index is 0.0149. The van der Waals surface area contributed by atoms with E-state index < -0.39 is 0 Å². The van der Waals surface area contributed by atoms with Crippen LogP contribution in [-0.4, -0.2) is 38.0 Å². The first-order valence-corrected chi connectivity index (χ1v) is 7.26. The van der Waals surface area contributed by atoms with Gasteiger partial charge in [0.25, 0.3) is 0 Å². The van der Waals surface area contributed by atoms with Crippen molar-refractivity contribution in [2.45, 2.75) is 31.8 Å². The molecule has 1 aromatic carbocycles. The van der Waals surface area contributed by atoms with Crippen LogP contribution in [0.5, 0.6) is 0 Å². The first-order chi connectivity index (χ1) is 9.49. The third-order valence-corrected chi connectivity index (χ3v) is 4.14. The number of carbonyl (C=O) groups excluding carboxylic acids is 1. The summed E-state index contributed by atoms with van der Waals surface area (Å²) in [5.74, 6) is 0.202. The zero-order chi connectivity index (χ0) is 14.7. The predicted octanol–water partition coefficient (Wildman–Crippen LogP) is 1.84. The number of hydrogen-bond donors (Lipinski definition) is 1. The zero-order valence-corrected chi connectivity index (χ0v) is 12.7. The largest absolute Gasteiger partial charge is 0.378 e. The first kappa shape index (κ1) is 14.9. The van der Waals surface area contributed by atoms with E-state index in [1.807, 2.05) is 21.1 Å². The summed E-state index contributed by atoms with van der Waals surface area (Å²) in [6.07, 6.45) is 2.98. The van der Waals surface area contributed by atoms with Crippen LogP contribution in [0.1, 0.15) is 24.8 Å². The van der Waals surface area contributed by atoms with Crippen molar-refractivity contribution in [3.63, 3.8) is 0 Å². The van der Waals surface area contributed by atoms with Crippen molar-refractivity contribution in [2.24, 2.45) is 11.7 Å². The van der Waals surface area contributed by atoms with Crippen LogP contribution in [-0.2, 0) is 11.3 Å². The van der Waals surface area contributed by atoms with Gasteiger partial charge in [0.05, 0.1) is 5.92 Å². The Labute approximate surface area is 121 Å². The van der Waals surface area contributed by atoms with E-state index in [0.717, 1.165) is 24.8 Å². The Kier molecular flexibility index (Phi) is 4.65. The number of rotatable bonds is 4. The molecule has 4 nitrogen and oxygen atoms in total. The fourth-order valence-electron chi connectivity index (χ4n) is 2.83. The molecule has 1 aromatic rings. The standard InChI is InChI=1S/C16H25N3O/c1-18(2)13-9-7-12(8-10-13)11-19(3)16(20)14-5-4-6-15(14)17/h7-10,14-15H,4-6,11,17H2,1-3H3. The molecular formula is C16H25N3O. The number of nitrogens with two attached hydrogens (primary N) is 1. The predicted molar refractivity (Wildman–Crippen MR) is 82.6 cm³/mol. The molecule has 2 rings (SSSR count). The van der Waals surface area contributed by atoms with Gasteiger partial charge in [0.15, 0.2) is 0 Å². The lowest BCUT2D eigenvalue weighted by Gasteiger charge is -2.23. The first-order valence-electron chi connectivity index (χ1n) is 7.26. The summed E-state index contributed by atoms with van der Waals surface area (Å²) in [5.41, 5.74) is 8.33. The summed E-state index contributed by atoms with van der Waals surface area (Å²) in [6.45, 7) is 0.649. The van der Waals surface area contributed by atoms with Crippen LogP contribution in [0.4, 0.5) is 5.69 Å².